The average Bonchev–Trinajstić information content (AvgIpc) is 2.35. The van der Waals surface area contributed by atoms with E-state index in [0.29, 0.717) is 15.6 Å². The van der Waals surface area contributed by atoms with Gasteiger partial charge in [-0.05, 0) is 29.8 Å². The molecule has 0 aromatic heterocycles. The van der Waals surface area contributed by atoms with Gasteiger partial charge < -0.3 is 5.32 Å². The van der Waals surface area contributed by atoms with Crippen LogP contribution in [0.2, 0.25) is 10.0 Å². The predicted molar refractivity (Wildman–Crippen MR) is 70.1 cm³/mol. The van der Waals surface area contributed by atoms with Crippen LogP contribution in [0.1, 0.15) is 5.56 Å². The highest BCUT2D eigenvalue weighted by atomic mass is 35.5. The summed E-state index contributed by atoms with van der Waals surface area (Å²) in [5, 5.41) is 3.61. The highest BCUT2D eigenvalue weighted by Crippen LogP contribution is 2.26. The van der Waals surface area contributed by atoms with Gasteiger partial charge in [-0.1, -0.05) is 35.3 Å². The summed E-state index contributed by atoms with van der Waals surface area (Å²) >= 11 is 11.8. The lowest BCUT2D eigenvalue weighted by molar-refractivity contribution is 0.602. The van der Waals surface area contributed by atoms with Crippen molar-refractivity contribution in [2.45, 2.75) is 6.54 Å². The molecule has 0 saturated heterocycles. The van der Waals surface area contributed by atoms with Crippen molar-refractivity contribution < 1.29 is 8.78 Å². The Bertz CT molecular complexity index is 571. The van der Waals surface area contributed by atoms with Gasteiger partial charge in [0.15, 0.2) is 0 Å². The summed E-state index contributed by atoms with van der Waals surface area (Å²) in [6, 6.07) is 8.39. The van der Waals surface area contributed by atoms with Crippen LogP contribution in [0.3, 0.4) is 0 Å². The van der Waals surface area contributed by atoms with E-state index in [-0.39, 0.29) is 12.2 Å². The highest BCUT2D eigenvalue weighted by molar-refractivity contribution is 6.42. The summed E-state index contributed by atoms with van der Waals surface area (Å²) < 4.78 is 26.3. The van der Waals surface area contributed by atoms with E-state index in [1.165, 1.54) is 0 Å². The van der Waals surface area contributed by atoms with Crippen molar-refractivity contribution in [3.8, 4) is 0 Å². The molecule has 0 radical (unpaired) electrons. The van der Waals surface area contributed by atoms with Gasteiger partial charge in [0.2, 0.25) is 0 Å². The van der Waals surface area contributed by atoms with E-state index in [2.05, 4.69) is 5.32 Å². The first-order valence-corrected chi connectivity index (χ1v) is 5.95. The number of rotatable bonds is 3. The standard InChI is InChI=1S/C13H9Cl2F2N/c14-10-3-1-2-8(13(10)15)7-18-12-6-9(16)4-5-11(12)17/h1-6,18H,7H2. The summed E-state index contributed by atoms with van der Waals surface area (Å²) in [5.41, 5.74) is 0.805. The van der Waals surface area contributed by atoms with Crippen LogP contribution in [0.25, 0.3) is 0 Å². The molecule has 0 bridgehead atoms. The monoisotopic (exact) mass is 287 g/mol. The van der Waals surface area contributed by atoms with Crippen LogP contribution < -0.4 is 5.32 Å². The molecule has 0 spiro atoms. The quantitative estimate of drug-likeness (QED) is 0.848. The molecule has 0 heterocycles. The van der Waals surface area contributed by atoms with Gasteiger partial charge in [-0.25, -0.2) is 8.78 Å². The molecule has 0 aliphatic rings. The van der Waals surface area contributed by atoms with Gasteiger partial charge in [-0.15, -0.1) is 0 Å². The molecule has 0 amide bonds. The van der Waals surface area contributed by atoms with Crippen LogP contribution in [-0.4, -0.2) is 0 Å². The lowest BCUT2D eigenvalue weighted by atomic mass is 10.2. The SMILES string of the molecule is Fc1ccc(F)c(NCc2cccc(Cl)c2Cl)c1. The number of halogens is 4. The molecule has 1 nitrogen and oxygen atoms in total. The van der Waals surface area contributed by atoms with E-state index in [9.17, 15) is 8.78 Å². The molecule has 2 aromatic carbocycles. The Morgan fingerprint density at radius 3 is 2.61 bits per heavy atom. The normalized spacial score (nSPS) is 10.4. The van der Waals surface area contributed by atoms with Gasteiger partial charge in [-0.2, -0.15) is 0 Å². The Morgan fingerprint density at radius 1 is 1.06 bits per heavy atom. The summed E-state index contributed by atoms with van der Waals surface area (Å²) in [7, 11) is 0. The van der Waals surface area contributed by atoms with Crippen LogP contribution >= 0.6 is 23.2 Å². The van der Waals surface area contributed by atoms with Gasteiger partial charge in [0.05, 0.1) is 15.7 Å². The summed E-state index contributed by atoms with van der Waals surface area (Å²) in [4.78, 5) is 0. The molecule has 5 heteroatoms. The molecule has 0 saturated carbocycles. The fourth-order valence-electron chi connectivity index (χ4n) is 1.51. The first-order valence-electron chi connectivity index (χ1n) is 5.20. The van der Waals surface area contributed by atoms with Crippen molar-refractivity contribution in [3.63, 3.8) is 0 Å². The third kappa shape index (κ3) is 2.92. The van der Waals surface area contributed by atoms with Crippen LogP contribution in [0.15, 0.2) is 36.4 Å². The molecule has 1 N–H and O–H groups in total. The second-order valence-corrected chi connectivity index (χ2v) is 4.48. The Labute approximate surface area is 113 Å². The Kier molecular flexibility index (Phi) is 4.04. The summed E-state index contributed by atoms with van der Waals surface area (Å²) in [6.45, 7) is 0.264. The van der Waals surface area contributed by atoms with Crippen molar-refractivity contribution in [3.05, 3.63) is 63.6 Å². The van der Waals surface area contributed by atoms with Crippen molar-refractivity contribution in [1.29, 1.82) is 0 Å². The van der Waals surface area contributed by atoms with Gasteiger partial charge in [0, 0.05) is 6.54 Å². The van der Waals surface area contributed by atoms with Gasteiger partial charge >= 0.3 is 0 Å². The zero-order valence-corrected chi connectivity index (χ0v) is 10.7. The second kappa shape index (κ2) is 5.55. The molecule has 94 valence electrons. The van der Waals surface area contributed by atoms with E-state index >= 15 is 0 Å². The van der Waals surface area contributed by atoms with E-state index in [1.807, 2.05) is 0 Å². The smallest absolute Gasteiger partial charge is 0.146 e. The first kappa shape index (κ1) is 13.1. The van der Waals surface area contributed by atoms with Crippen LogP contribution in [-0.2, 0) is 6.54 Å². The van der Waals surface area contributed by atoms with Crippen LogP contribution in [0.5, 0.6) is 0 Å². The van der Waals surface area contributed by atoms with Crippen LogP contribution in [0, 0.1) is 11.6 Å². The van der Waals surface area contributed by atoms with Crippen molar-refractivity contribution >= 4 is 28.9 Å². The Hall–Kier alpha value is -1.32. The first-order chi connectivity index (χ1) is 8.58. The second-order valence-electron chi connectivity index (χ2n) is 3.69. The minimum atomic E-state index is -0.519. The molecular weight excluding hydrogens is 279 g/mol. The summed E-state index contributed by atoms with van der Waals surface area (Å²) in [6.07, 6.45) is 0. The van der Waals surface area contributed by atoms with Crippen molar-refractivity contribution in [2.24, 2.45) is 0 Å². The summed E-state index contributed by atoms with van der Waals surface area (Å²) in [5.74, 6) is -1.02. The minimum Gasteiger partial charge on any atom is -0.378 e. The molecule has 0 unspecified atom stereocenters. The number of hydrogen-bond acceptors (Lipinski definition) is 1. The molecule has 0 aliphatic carbocycles. The molecule has 0 atom stereocenters. The lowest BCUT2D eigenvalue weighted by Gasteiger charge is -2.09. The van der Waals surface area contributed by atoms with Gasteiger partial charge in [-0.3, -0.25) is 0 Å². The number of hydrogen-bond donors (Lipinski definition) is 1. The maximum atomic E-state index is 13.4. The maximum absolute atomic E-state index is 13.4. The fourth-order valence-corrected chi connectivity index (χ4v) is 1.90. The lowest BCUT2D eigenvalue weighted by Crippen LogP contribution is -2.02. The molecule has 2 aromatic rings. The topological polar surface area (TPSA) is 12.0 Å². The highest BCUT2D eigenvalue weighted by Gasteiger charge is 2.06. The van der Waals surface area contributed by atoms with E-state index in [0.717, 1.165) is 18.2 Å². The average molecular weight is 288 g/mol. The Balaban J connectivity index is 2.16. The number of benzene rings is 2. The largest absolute Gasteiger partial charge is 0.378 e. The van der Waals surface area contributed by atoms with E-state index in [4.69, 9.17) is 23.2 Å². The predicted octanol–water partition coefficient (Wildman–Crippen LogP) is 4.88. The van der Waals surface area contributed by atoms with Crippen molar-refractivity contribution in [2.75, 3.05) is 5.32 Å². The fraction of sp³-hybridized carbons (Fsp3) is 0.0769. The Morgan fingerprint density at radius 2 is 1.83 bits per heavy atom. The maximum Gasteiger partial charge on any atom is 0.146 e. The van der Waals surface area contributed by atoms with Crippen LogP contribution in [0.4, 0.5) is 14.5 Å². The third-order valence-electron chi connectivity index (χ3n) is 2.43. The number of anilines is 1. The molecule has 18 heavy (non-hydrogen) atoms. The van der Waals surface area contributed by atoms with E-state index < -0.39 is 11.6 Å². The molecule has 2 rings (SSSR count). The van der Waals surface area contributed by atoms with E-state index in [1.54, 1.807) is 18.2 Å². The third-order valence-corrected chi connectivity index (χ3v) is 3.29. The molecule has 0 fully saturated rings. The zero-order chi connectivity index (χ0) is 13.1. The zero-order valence-electron chi connectivity index (χ0n) is 9.18. The molecular formula is C13H9Cl2F2N. The van der Waals surface area contributed by atoms with Crippen molar-refractivity contribution in [1.82, 2.24) is 0 Å². The van der Waals surface area contributed by atoms with Gasteiger partial charge in [0.1, 0.15) is 11.6 Å². The molecule has 0 aliphatic heterocycles. The van der Waals surface area contributed by atoms with Gasteiger partial charge in [0.25, 0.3) is 0 Å². The minimum absolute atomic E-state index is 0.0889. The number of nitrogens with one attached hydrogen (secondary N) is 1.